The quantitative estimate of drug-likeness (QED) is 0.841. The lowest BCUT2D eigenvalue weighted by molar-refractivity contribution is 0.0996. The molecule has 1 aromatic carbocycles. The number of rotatable bonds is 6. The molecule has 0 saturated carbocycles. The molecular weight excluding hydrogens is 264 g/mol. The van der Waals surface area contributed by atoms with Crippen LogP contribution >= 0.6 is 0 Å². The van der Waals surface area contributed by atoms with Gasteiger partial charge in [-0.2, -0.15) is 5.26 Å². The van der Waals surface area contributed by atoms with Crippen LogP contribution in [0.5, 0.6) is 0 Å². The zero-order valence-electron chi connectivity index (χ0n) is 11.5. The fourth-order valence-electron chi connectivity index (χ4n) is 1.69. The van der Waals surface area contributed by atoms with E-state index in [2.05, 4.69) is 11.4 Å². The van der Waals surface area contributed by atoms with Gasteiger partial charge in [0.1, 0.15) is 11.6 Å². The second kappa shape index (κ2) is 6.33. The molecule has 0 unspecified atom stereocenters. The lowest BCUT2D eigenvalue weighted by Crippen LogP contribution is -2.24. The molecule has 0 aliphatic carbocycles. The molecule has 0 heterocycles. The number of amides is 1. The number of carbonyl (C=O) groups excluding carboxylic acids is 1. The first-order valence-electron chi connectivity index (χ1n) is 6.16. The Balaban J connectivity index is 2.85. The number of nitrogens with two attached hydrogens (primary N) is 1. The number of carbonyl (C=O) groups is 1. The van der Waals surface area contributed by atoms with Crippen molar-refractivity contribution < 1.29 is 13.6 Å². The Labute approximate surface area is 116 Å². The molecule has 1 aromatic rings. The molecule has 0 radical (unpaired) electrons. The van der Waals surface area contributed by atoms with Crippen molar-refractivity contribution >= 4 is 11.6 Å². The summed E-state index contributed by atoms with van der Waals surface area (Å²) in [4.78, 5) is 11.0. The molecule has 0 aromatic heterocycles. The van der Waals surface area contributed by atoms with Gasteiger partial charge in [0.2, 0.25) is 0 Å². The van der Waals surface area contributed by atoms with Gasteiger partial charge in [-0.05, 0) is 17.9 Å². The van der Waals surface area contributed by atoms with Gasteiger partial charge in [-0.3, -0.25) is 4.79 Å². The molecule has 1 amide bonds. The Morgan fingerprint density at radius 2 is 2.05 bits per heavy atom. The van der Waals surface area contributed by atoms with Crippen LogP contribution in [0.25, 0.3) is 0 Å². The maximum Gasteiger partial charge on any atom is 0.251 e. The first-order chi connectivity index (χ1) is 9.26. The van der Waals surface area contributed by atoms with E-state index >= 15 is 0 Å². The van der Waals surface area contributed by atoms with Crippen LogP contribution in [0.15, 0.2) is 12.1 Å². The normalized spacial score (nSPS) is 10.9. The van der Waals surface area contributed by atoms with Crippen molar-refractivity contribution in [3.8, 4) is 6.07 Å². The summed E-state index contributed by atoms with van der Waals surface area (Å²) < 4.78 is 26.9. The van der Waals surface area contributed by atoms with Crippen molar-refractivity contribution in [2.24, 2.45) is 11.1 Å². The number of primary amides is 1. The molecule has 0 bridgehead atoms. The highest BCUT2D eigenvalue weighted by Crippen LogP contribution is 2.25. The minimum atomic E-state index is -0.982. The summed E-state index contributed by atoms with van der Waals surface area (Å²) in [5.41, 5.74) is 4.44. The maximum absolute atomic E-state index is 13.6. The minimum absolute atomic E-state index is 0.0187. The number of hydrogen-bond donors (Lipinski definition) is 2. The van der Waals surface area contributed by atoms with Crippen LogP contribution in [0, 0.1) is 28.4 Å². The third kappa shape index (κ3) is 4.19. The monoisotopic (exact) mass is 281 g/mol. The van der Waals surface area contributed by atoms with Gasteiger partial charge in [0.15, 0.2) is 0 Å². The Hall–Kier alpha value is -2.16. The van der Waals surface area contributed by atoms with E-state index in [1.165, 1.54) is 0 Å². The number of nitrogens with zero attached hydrogens (tertiary/aromatic N) is 1. The SMILES string of the molecule is CC(C)(CCC#N)CNc1cc(C(N)=O)c(F)cc1F. The molecule has 4 nitrogen and oxygen atoms in total. The Bertz CT molecular complexity index is 550. The number of hydrogen-bond acceptors (Lipinski definition) is 3. The molecule has 1 rings (SSSR count). The van der Waals surface area contributed by atoms with Gasteiger partial charge < -0.3 is 11.1 Å². The van der Waals surface area contributed by atoms with Crippen molar-refractivity contribution in [2.45, 2.75) is 26.7 Å². The average molecular weight is 281 g/mol. The lowest BCUT2D eigenvalue weighted by Gasteiger charge is -2.24. The first kappa shape index (κ1) is 15.9. The van der Waals surface area contributed by atoms with Crippen LogP contribution in [0.4, 0.5) is 14.5 Å². The number of nitriles is 1. The fourth-order valence-corrected chi connectivity index (χ4v) is 1.69. The largest absolute Gasteiger partial charge is 0.382 e. The molecular formula is C14H17F2N3O. The number of anilines is 1. The van der Waals surface area contributed by atoms with Crippen LogP contribution in [-0.4, -0.2) is 12.5 Å². The zero-order chi connectivity index (χ0) is 15.3. The molecule has 0 spiro atoms. The standard InChI is InChI=1S/C14H17F2N3O/c1-14(2,4-3-5-17)8-19-12-6-9(13(18)20)10(15)7-11(12)16/h6-7,19H,3-4,8H2,1-2H3,(H2,18,20). The molecule has 0 saturated heterocycles. The third-order valence-corrected chi connectivity index (χ3v) is 2.99. The van der Waals surface area contributed by atoms with Gasteiger partial charge in [-0.25, -0.2) is 8.78 Å². The van der Waals surface area contributed by atoms with Crippen LogP contribution in [0.2, 0.25) is 0 Å². The first-order valence-corrected chi connectivity index (χ1v) is 6.16. The zero-order valence-corrected chi connectivity index (χ0v) is 11.5. The summed E-state index contributed by atoms with van der Waals surface area (Å²) in [6.07, 6.45) is 1.04. The van der Waals surface area contributed by atoms with Crippen molar-refractivity contribution in [2.75, 3.05) is 11.9 Å². The van der Waals surface area contributed by atoms with Crippen LogP contribution in [0.3, 0.4) is 0 Å². The minimum Gasteiger partial charge on any atom is -0.382 e. The maximum atomic E-state index is 13.6. The summed E-state index contributed by atoms with van der Waals surface area (Å²) in [7, 11) is 0. The Morgan fingerprint density at radius 1 is 1.40 bits per heavy atom. The van der Waals surface area contributed by atoms with Gasteiger partial charge in [0.05, 0.1) is 17.3 Å². The molecule has 20 heavy (non-hydrogen) atoms. The molecule has 0 fully saturated rings. The van der Waals surface area contributed by atoms with E-state index in [-0.39, 0.29) is 16.7 Å². The summed E-state index contributed by atoms with van der Waals surface area (Å²) in [5.74, 6) is -2.72. The van der Waals surface area contributed by atoms with E-state index in [0.717, 1.165) is 6.07 Å². The van der Waals surface area contributed by atoms with Gasteiger partial charge in [-0.15, -0.1) is 0 Å². The molecule has 0 atom stereocenters. The topological polar surface area (TPSA) is 78.9 Å². The second-order valence-electron chi connectivity index (χ2n) is 5.35. The summed E-state index contributed by atoms with van der Waals surface area (Å²) >= 11 is 0. The molecule has 108 valence electrons. The molecule has 0 aliphatic rings. The summed E-state index contributed by atoms with van der Waals surface area (Å²) in [6.45, 7) is 4.23. The molecule has 0 aliphatic heterocycles. The average Bonchev–Trinajstić information content (AvgIpc) is 2.35. The predicted octanol–water partition coefficient (Wildman–Crippen LogP) is 2.81. The lowest BCUT2D eigenvalue weighted by atomic mass is 9.88. The summed E-state index contributed by atoms with van der Waals surface area (Å²) in [6, 6.07) is 3.74. The Kier molecular flexibility index (Phi) is 5.03. The third-order valence-electron chi connectivity index (χ3n) is 2.99. The van der Waals surface area contributed by atoms with Gasteiger partial charge >= 0.3 is 0 Å². The highest BCUT2D eigenvalue weighted by Gasteiger charge is 2.19. The Morgan fingerprint density at radius 3 is 2.60 bits per heavy atom. The molecule has 3 N–H and O–H groups in total. The molecule has 6 heteroatoms. The highest BCUT2D eigenvalue weighted by atomic mass is 19.1. The number of benzene rings is 1. The van der Waals surface area contributed by atoms with E-state index in [1.807, 2.05) is 13.8 Å². The van der Waals surface area contributed by atoms with Crippen molar-refractivity contribution in [3.05, 3.63) is 29.3 Å². The van der Waals surface area contributed by atoms with Crippen molar-refractivity contribution in [3.63, 3.8) is 0 Å². The van der Waals surface area contributed by atoms with Crippen LogP contribution in [-0.2, 0) is 0 Å². The van der Waals surface area contributed by atoms with Crippen LogP contribution in [0.1, 0.15) is 37.0 Å². The number of nitrogens with one attached hydrogen (secondary N) is 1. The van der Waals surface area contributed by atoms with E-state index < -0.39 is 17.5 Å². The second-order valence-corrected chi connectivity index (χ2v) is 5.35. The smallest absolute Gasteiger partial charge is 0.251 e. The fraction of sp³-hybridized carbons (Fsp3) is 0.429. The predicted molar refractivity (Wildman–Crippen MR) is 72.0 cm³/mol. The summed E-state index contributed by atoms with van der Waals surface area (Å²) in [5, 5.41) is 11.4. The van der Waals surface area contributed by atoms with E-state index in [9.17, 15) is 13.6 Å². The van der Waals surface area contributed by atoms with Gasteiger partial charge in [0.25, 0.3) is 5.91 Å². The van der Waals surface area contributed by atoms with Crippen molar-refractivity contribution in [1.82, 2.24) is 0 Å². The van der Waals surface area contributed by atoms with E-state index in [0.29, 0.717) is 25.5 Å². The van der Waals surface area contributed by atoms with Crippen LogP contribution < -0.4 is 11.1 Å². The van der Waals surface area contributed by atoms with Gasteiger partial charge in [0, 0.05) is 19.0 Å². The van der Waals surface area contributed by atoms with Crippen molar-refractivity contribution in [1.29, 1.82) is 5.26 Å². The van der Waals surface area contributed by atoms with E-state index in [4.69, 9.17) is 11.0 Å². The highest BCUT2D eigenvalue weighted by molar-refractivity contribution is 5.94. The van der Waals surface area contributed by atoms with Gasteiger partial charge in [-0.1, -0.05) is 13.8 Å². The van der Waals surface area contributed by atoms with E-state index in [1.54, 1.807) is 0 Å². The number of halogens is 2.